The molecule has 0 spiro atoms. The van der Waals surface area contributed by atoms with Gasteiger partial charge in [-0.05, 0) is 51.0 Å². The maximum Gasteiger partial charge on any atom is 0.105 e. The fourth-order valence-corrected chi connectivity index (χ4v) is 4.42. The summed E-state index contributed by atoms with van der Waals surface area (Å²) >= 11 is 0. The summed E-state index contributed by atoms with van der Waals surface area (Å²) in [5.41, 5.74) is 0. The standard InChI is InChI=1S/C27H56N2O4/c1-2-3-18-28-27(32)23-24-22-25(24)33-21-19-29-26(31)17-15-13-11-9-7-5-4-6-8-10-12-14-16-20-30/h24-32H,2-23H2,1H3. The molecule has 198 valence electrons. The van der Waals surface area contributed by atoms with Crippen molar-refractivity contribution in [2.75, 3.05) is 26.3 Å². The van der Waals surface area contributed by atoms with Crippen molar-refractivity contribution < 1.29 is 20.1 Å². The summed E-state index contributed by atoms with van der Waals surface area (Å²) in [6.45, 7) is 4.68. The first-order valence-electron chi connectivity index (χ1n) is 14.2. The van der Waals surface area contributed by atoms with E-state index in [4.69, 9.17) is 9.84 Å². The van der Waals surface area contributed by atoms with Crippen LogP contribution in [0.25, 0.3) is 0 Å². The first-order chi connectivity index (χ1) is 16.2. The molecule has 4 unspecified atom stereocenters. The first kappa shape index (κ1) is 30.8. The van der Waals surface area contributed by atoms with Crippen LogP contribution in [0.5, 0.6) is 0 Å². The van der Waals surface area contributed by atoms with Crippen molar-refractivity contribution in [2.24, 2.45) is 5.92 Å². The molecule has 1 aliphatic carbocycles. The average Bonchev–Trinajstić information content (AvgIpc) is 3.54. The predicted molar refractivity (Wildman–Crippen MR) is 137 cm³/mol. The van der Waals surface area contributed by atoms with Gasteiger partial charge in [-0.15, -0.1) is 0 Å². The van der Waals surface area contributed by atoms with E-state index in [1.165, 1.54) is 70.6 Å². The summed E-state index contributed by atoms with van der Waals surface area (Å²) in [5, 5.41) is 35.1. The van der Waals surface area contributed by atoms with E-state index in [0.29, 0.717) is 25.7 Å². The van der Waals surface area contributed by atoms with E-state index >= 15 is 0 Å². The van der Waals surface area contributed by atoms with Gasteiger partial charge >= 0.3 is 0 Å². The molecule has 0 aromatic rings. The quantitative estimate of drug-likeness (QED) is 0.0912. The molecule has 0 saturated heterocycles. The minimum Gasteiger partial charge on any atom is -0.396 e. The SMILES string of the molecule is CCCCNC(O)CC1CC1OCCNC(O)CCCCCCCCCCCCCCCO. The van der Waals surface area contributed by atoms with Crippen LogP contribution >= 0.6 is 0 Å². The van der Waals surface area contributed by atoms with Gasteiger partial charge < -0.3 is 20.1 Å². The second-order valence-electron chi connectivity index (χ2n) is 10.0. The van der Waals surface area contributed by atoms with Crippen LogP contribution in [0, 0.1) is 5.92 Å². The summed E-state index contributed by atoms with van der Waals surface area (Å²) in [4.78, 5) is 0. The Morgan fingerprint density at radius 1 is 0.727 bits per heavy atom. The Kier molecular flexibility index (Phi) is 20.7. The van der Waals surface area contributed by atoms with Crippen LogP contribution in [0.2, 0.25) is 0 Å². The molecule has 0 amide bonds. The third-order valence-corrected chi connectivity index (χ3v) is 6.74. The van der Waals surface area contributed by atoms with Gasteiger partial charge in [-0.2, -0.15) is 0 Å². The normalized spacial score (nSPS) is 19.6. The maximum absolute atomic E-state index is 10.1. The molecule has 0 heterocycles. The van der Waals surface area contributed by atoms with E-state index in [-0.39, 0.29) is 6.10 Å². The lowest BCUT2D eigenvalue weighted by Gasteiger charge is -2.14. The minimum atomic E-state index is -0.425. The number of rotatable bonds is 26. The molecule has 0 aromatic carbocycles. The van der Waals surface area contributed by atoms with Crippen molar-refractivity contribution in [1.82, 2.24) is 10.6 Å². The van der Waals surface area contributed by atoms with Crippen molar-refractivity contribution >= 4 is 0 Å². The van der Waals surface area contributed by atoms with Crippen molar-refractivity contribution in [3.05, 3.63) is 0 Å². The Morgan fingerprint density at radius 3 is 1.85 bits per heavy atom. The number of nitrogens with one attached hydrogen (secondary N) is 2. The zero-order valence-electron chi connectivity index (χ0n) is 21.6. The third kappa shape index (κ3) is 19.7. The van der Waals surface area contributed by atoms with Crippen LogP contribution in [-0.4, -0.2) is 60.2 Å². The molecular weight excluding hydrogens is 416 g/mol. The number of hydrogen-bond acceptors (Lipinski definition) is 6. The Bertz CT molecular complexity index is 414. The van der Waals surface area contributed by atoms with Gasteiger partial charge in [-0.3, -0.25) is 10.6 Å². The largest absolute Gasteiger partial charge is 0.396 e. The van der Waals surface area contributed by atoms with E-state index in [9.17, 15) is 10.2 Å². The summed E-state index contributed by atoms with van der Waals surface area (Å²) in [7, 11) is 0. The molecule has 1 rings (SSSR count). The third-order valence-electron chi connectivity index (χ3n) is 6.74. The van der Waals surface area contributed by atoms with Gasteiger partial charge in [0.25, 0.3) is 0 Å². The van der Waals surface area contributed by atoms with E-state index in [1.807, 2.05) is 0 Å². The molecule has 6 heteroatoms. The van der Waals surface area contributed by atoms with Crippen LogP contribution in [0.15, 0.2) is 0 Å². The van der Waals surface area contributed by atoms with E-state index in [1.54, 1.807) is 0 Å². The fourth-order valence-electron chi connectivity index (χ4n) is 4.42. The Hall–Kier alpha value is -0.240. The van der Waals surface area contributed by atoms with Gasteiger partial charge in [0.1, 0.15) is 12.5 Å². The lowest BCUT2D eigenvalue weighted by atomic mass is 10.0. The molecule has 4 atom stereocenters. The van der Waals surface area contributed by atoms with Crippen molar-refractivity contribution in [1.29, 1.82) is 0 Å². The molecular formula is C27H56N2O4. The maximum atomic E-state index is 10.1. The highest BCUT2D eigenvalue weighted by Crippen LogP contribution is 2.37. The smallest absolute Gasteiger partial charge is 0.105 e. The molecule has 1 saturated carbocycles. The Morgan fingerprint density at radius 2 is 1.27 bits per heavy atom. The second kappa shape index (κ2) is 22.2. The molecule has 0 bridgehead atoms. The molecule has 6 nitrogen and oxygen atoms in total. The van der Waals surface area contributed by atoms with Gasteiger partial charge in [-0.25, -0.2) is 0 Å². The topological polar surface area (TPSA) is 94.0 Å². The van der Waals surface area contributed by atoms with Crippen LogP contribution in [0.4, 0.5) is 0 Å². The fraction of sp³-hybridized carbons (Fsp3) is 1.00. The summed E-state index contributed by atoms with van der Waals surface area (Å²) in [6.07, 6.45) is 20.7. The van der Waals surface area contributed by atoms with Crippen molar-refractivity contribution in [3.8, 4) is 0 Å². The summed E-state index contributed by atoms with van der Waals surface area (Å²) in [5.74, 6) is 0.474. The number of aliphatic hydroxyl groups is 3. The van der Waals surface area contributed by atoms with Crippen LogP contribution < -0.4 is 10.6 Å². The van der Waals surface area contributed by atoms with Gasteiger partial charge in [0.15, 0.2) is 0 Å². The van der Waals surface area contributed by atoms with E-state index in [2.05, 4.69) is 17.6 Å². The summed E-state index contributed by atoms with van der Waals surface area (Å²) in [6, 6.07) is 0. The van der Waals surface area contributed by atoms with Crippen molar-refractivity contribution in [2.45, 2.75) is 141 Å². The zero-order valence-corrected chi connectivity index (χ0v) is 21.6. The van der Waals surface area contributed by atoms with E-state index < -0.39 is 12.5 Å². The average molecular weight is 473 g/mol. The Labute approximate surface area is 204 Å². The zero-order chi connectivity index (χ0) is 24.0. The predicted octanol–water partition coefficient (Wildman–Crippen LogP) is 4.85. The van der Waals surface area contributed by atoms with Crippen LogP contribution in [-0.2, 0) is 4.74 Å². The molecule has 33 heavy (non-hydrogen) atoms. The minimum absolute atomic E-state index is 0.281. The molecule has 1 fully saturated rings. The van der Waals surface area contributed by atoms with E-state index in [0.717, 1.165) is 51.5 Å². The van der Waals surface area contributed by atoms with Gasteiger partial charge in [0, 0.05) is 13.2 Å². The molecule has 0 aliphatic heterocycles. The number of ether oxygens (including phenoxy) is 1. The van der Waals surface area contributed by atoms with Crippen molar-refractivity contribution in [3.63, 3.8) is 0 Å². The highest BCUT2D eigenvalue weighted by atomic mass is 16.5. The van der Waals surface area contributed by atoms with Crippen LogP contribution in [0.1, 0.15) is 122 Å². The molecule has 0 radical (unpaired) electrons. The molecule has 1 aliphatic rings. The van der Waals surface area contributed by atoms with Gasteiger partial charge in [0.2, 0.25) is 0 Å². The first-order valence-corrected chi connectivity index (χ1v) is 14.2. The highest BCUT2D eigenvalue weighted by Gasteiger charge is 2.39. The number of unbranched alkanes of at least 4 members (excludes halogenated alkanes) is 13. The highest BCUT2D eigenvalue weighted by molar-refractivity contribution is 4.89. The van der Waals surface area contributed by atoms with Gasteiger partial charge in [0.05, 0.1) is 12.7 Å². The van der Waals surface area contributed by atoms with Crippen LogP contribution in [0.3, 0.4) is 0 Å². The lowest BCUT2D eigenvalue weighted by Crippen LogP contribution is -2.32. The molecule has 0 aromatic heterocycles. The number of aliphatic hydroxyl groups excluding tert-OH is 3. The Balaban J connectivity index is 1.77. The monoisotopic (exact) mass is 472 g/mol. The second-order valence-corrected chi connectivity index (χ2v) is 10.0. The number of hydrogen-bond donors (Lipinski definition) is 5. The van der Waals surface area contributed by atoms with Gasteiger partial charge in [-0.1, -0.05) is 84.0 Å². The summed E-state index contributed by atoms with van der Waals surface area (Å²) < 4.78 is 5.85. The lowest BCUT2D eigenvalue weighted by molar-refractivity contribution is 0.0699. The molecule has 5 N–H and O–H groups in total.